The van der Waals surface area contributed by atoms with E-state index in [2.05, 4.69) is 4.98 Å². The third kappa shape index (κ3) is 3.46. The Kier molecular flexibility index (Phi) is 4.60. The quantitative estimate of drug-likeness (QED) is 0.844. The van der Waals surface area contributed by atoms with Crippen molar-refractivity contribution in [2.75, 3.05) is 18.8 Å². The van der Waals surface area contributed by atoms with E-state index < -0.39 is 0 Å². The molecule has 0 aromatic carbocycles. The number of nitrogens with two attached hydrogens (primary N) is 1. The fourth-order valence-electron chi connectivity index (χ4n) is 1.95. The van der Waals surface area contributed by atoms with Gasteiger partial charge in [-0.3, -0.25) is 9.78 Å². The van der Waals surface area contributed by atoms with Crippen LogP contribution < -0.4 is 5.73 Å². The van der Waals surface area contributed by atoms with Crippen molar-refractivity contribution in [3.8, 4) is 0 Å². The van der Waals surface area contributed by atoms with Gasteiger partial charge in [-0.25, -0.2) is 0 Å². The molecule has 98 valence electrons. The van der Waals surface area contributed by atoms with E-state index in [1.165, 1.54) is 0 Å². The Balaban J connectivity index is 1.84. The molecule has 0 aliphatic carbocycles. The molecule has 1 fully saturated rings. The average molecular weight is 265 g/mol. The summed E-state index contributed by atoms with van der Waals surface area (Å²) in [7, 11) is 0. The van der Waals surface area contributed by atoms with E-state index >= 15 is 0 Å². The first kappa shape index (κ1) is 13.4. The number of thioether (sulfide) groups is 1. The maximum Gasteiger partial charge on any atom is 0.232 e. The third-order valence-corrected chi connectivity index (χ3v) is 4.01. The topological polar surface area (TPSA) is 59.2 Å². The first-order valence-corrected chi connectivity index (χ1v) is 7.27. The number of likely N-dealkylation sites (tertiary alicyclic amines) is 1. The molecule has 1 aliphatic rings. The second-order valence-electron chi connectivity index (χ2n) is 4.58. The smallest absolute Gasteiger partial charge is 0.232 e. The second-order valence-corrected chi connectivity index (χ2v) is 5.63. The van der Waals surface area contributed by atoms with Gasteiger partial charge in [-0.1, -0.05) is 0 Å². The highest BCUT2D eigenvalue weighted by atomic mass is 32.2. The van der Waals surface area contributed by atoms with Crippen molar-refractivity contribution in [2.45, 2.75) is 30.7 Å². The number of carbonyl (C=O) groups is 1. The summed E-state index contributed by atoms with van der Waals surface area (Å²) in [6, 6.07) is 3.86. The van der Waals surface area contributed by atoms with Gasteiger partial charge in [0.05, 0.1) is 11.4 Å². The minimum atomic E-state index is -0.0460. The first-order valence-electron chi connectivity index (χ1n) is 6.29. The van der Waals surface area contributed by atoms with Gasteiger partial charge in [0.25, 0.3) is 0 Å². The molecule has 2 N–H and O–H groups in total. The summed E-state index contributed by atoms with van der Waals surface area (Å²) >= 11 is 1.54. The molecule has 0 bridgehead atoms. The molecule has 18 heavy (non-hydrogen) atoms. The SMILES string of the molecule is C[C@@H](N)c1ccc(SCC(=O)N2CCCC2)cn1. The summed E-state index contributed by atoms with van der Waals surface area (Å²) in [6.45, 7) is 3.74. The van der Waals surface area contributed by atoms with Crippen LogP contribution >= 0.6 is 11.8 Å². The fraction of sp³-hybridized carbons (Fsp3) is 0.538. The minimum absolute atomic E-state index is 0.0460. The van der Waals surface area contributed by atoms with Crippen LogP contribution in [0.3, 0.4) is 0 Å². The van der Waals surface area contributed by atoms with Gasteiger partial charge < -0.3 is 10.6 Å². The highest BCUT2D eigenvalue weighted by molar-refractivity contribution is 8.00. The number of amides is 1. The summed E-state index contributed by atoms with van der Waals surface area (Å²) in [5.41, 5.74) is 6.62. The first-order chi connectivity index (χ1) is 8.66. The van der Waals surface area contributed by atoms with Gasteiger partial charge in [-0.2, -0.15) is 0 Å². The van der Waals surface area contributed by atoms with E-state index in [1.54, 1.807) is 18.0 Å². The van der Waals surface area contributed by atoms with Crippen LogP contribution in [0.5, 0.6) is 0 Å². The predicted octanol–water partition coefficient (Wildman–Crippen LogP) is 1.82. The van der Waals surface area contributed by atoms with Crippen molar-refractivity contribution in [1.82, 2.24) is 9.88 Å². The van der Waals surface area contributed by atoms with E-state index in [1.807, 2.05) is 24.0 Å². The van der Waals surface area contributed by atoms with Crippen LogP contribution in [-0.4, -0.2) is 34.6 Å². The standard InChI is InChI=1S/C13H19N3OS/c1-10(14)12-5-4-11(8-15-12)18-9-13(17)16-6-2-3-7-16/h4-5,8,10H,2-3,6-7,9,14H2,1H3/t10-/m1/s1. The summed E-state index contributed by atoms with van der Waals surface area (Å²) in [4.78, 5) is 19.1. The molecule has 2 rings (SSSR count). The number of rotatable bonds is 4. The summed E-state index contributed by atoms with van der Waals surface area (Å²) < 4.78 is 0. The molecule has 2 heterocycles. The molecule has 0 saturated carbocycles. The lowest BCUT2D eigenvalue weighted by molar-refractivity contribution is -0.127. The number of pyridine rings is 1. The number of hydrogen-bond acceptors (Lipinski definition) is 4. The van der Waals surface area contributed by atoms with Crippen LogP contribution in [0.2, 0.25) is 0 Å². The second kappa shape index (κ2) is 6.20. The van der Waals surface area contributed by atoms with E-state index in [0.717, 1.165) is 36.5 Å². The van der Waals surface area contributed by atoms with E-state index in [4.69, 9.17) is 5.73 Å². The Bertz CT molecular complexity index is 399. The molecular formula is C13H19N3OS. The molecule has 4 nitrogen and oxygen atoms in total. The van der Waals surface area contributed by atoms with Gasteiger partial charge in [0.2, 0.25) is 5.91 Å². The highest BCUT2D eigenvalue weighted by Crippen LogP contribution is 2.19. The highest BCUT2D eigenvalue weighted by Gasteiger charge is 2.17. The third-order valence-electron chi connectivity index (χ3n) is 3.05. The number of carbonyl (C=O) groups excluding carboxylic acids is 1. The van der Waals surface area contributed by atoms with Crippen LogP contribution in [0.4, 0.5) is 0 Å². The Hall–Kier alpha value is -1.07. The maximum atomic E-state index is 11.9. The molecular weight excluding hydrogens is 246 g/mol. The van der Waals surface area contributed by atoms with Gasteiger partial charge >= 0.3 is 0 Å². The summed E-state index contributed by atoms with van der Waals surface area (Å²) in [5, 5.41) is 0. The zero-order valence-electron chi connectivity index (χ0n) is 10.6. The number of nitrogens with zero attached hydrogens (tertiary/aromatic N) is 2. The largest absolute Gasteiger partial charge is 0.342 e. The zero-order chi connectivity index (χ0) is 13.0. The van der Waals surface area contributed by atoms with E-state index in [-0.39, 0.29) is 11.9 Å². The lowest BCUT2D eigenvalue weighted by atomic mass is 10.2. The maximum absolute atomic E-state index is 11.9. The molecule has 0 unspecified atom stereocenters. The monoisotopic (exact) mass is 265 g/mol. The Morgan fingerprint density at radius 2 is 2.22 bits per heavy atom. The van der Waals surface area contributed by atoms with Gasteiger partial charge in [0.1, 0.15) is 0 Å². The van der Waals surface area contributed by atoms with Gasteiger partial charge in [-0.05, 0) is 31.9 Å². The van der Waals surface area contributed by atoms with Crippen LogP contribution in [0.1, 0.15) is 31.5 Å². The van der Waals surface area contributed by atoms with Crippen molar-refractivity contribution < 1.29 is 4.79 Å². The zero-order valence-corrected chi connectivity index (χ0v) is 11.4. The van der Waals surface area contributed by atoms with Crippen molar-refractivity contribution in [2.24, 2.45) is 5.73 Å². The molecule has 1 aromatic rings. The van der Waals surface area contributed by atoms with E-state index in [9.17, 15) is 4.79 Å². The normalized spacial score (nSPS) is 16.9. The molecule has 1 amide bonds. The summed E-state index contributed by atoms with van der Waals surface area (Å²) in [6.07, 6.45) is 4.07. The number of aromatic nitrogens is 1. The van der Waals surface area contributed by atoms with Crippen molar-refractivity contribution >= 4 is 17.7 Å². The van der Waals surface area contributed by atoms with Crippen LogP contribution in [0.15, 0.2) is 23.2 Å². The molecule has 1 aliphatic heterocycles. The number of hydrogen-bond donors (Lipinski definition) is 1. The molecule has 1 aromatic heterocycles. The van der Waals surface area contributed by atoms with Crippen LogP contribution in [-0.2, 0) is 4.79 Å². The Morgan fingerprint density at radius 1 is 1.50 bits per heavy atom. The van der Waals surface area contributed by atoms with E-state index in [0.29, 0.717) is 5.75 Å². The van der Waals surface area contributed by atoms with Crippen molar-refractivity contribution in [3.63, 3.8) is 0 Å². The molecule has 0 radical (unpaired) electrons. The summed E-state index contributed by atoms with van der Waals surface area (Å²) in [5.74, 6) is 0.730. The van der Waals surface area contributed by atoms with Gasteiger partial charge in [0, 0.05) is 30.2 Å². The molecule has 5 heteroatoms. The average Bonchev–Trinajstić information content (AvgIpc) is 2.90. The van der Waals surface area contributed by atoms with Gasteiger partial charge in [-0.15, -0.1) is 11.8 Å². The predicted molar refractivity (Wildman–Crippen MR) is 73.4 cm³/mol. The van der Waals surface area contributed by atoms with Crippen molar-refractivity contribution in [1.29, 1.82) is 0 Å². The fourth-order valence-corrected chi connectivity index (χ4v) is 2.71. The van der Waals surface area contributed by atoms with Crippen LogP contribution in [0, 0.1) is 0 Å². The lowest BCUT2D eigenvalue weighted by Crippen LogP contribution is -2.29. The Morgan fingerprint density at radius 3 is 2.78 bits per heavy atom. The molecule has 1 atom stereocenters. The van der Waals surface area contributed by atoms with Crippen molar-refractivity contribution in [3.05, 3.63) is 24.0 Å². The lowest BCUT2D eigenvalue weighted by Gasteiger charge is -2.14. The minimum Gasteiger partial charge on any atom is -0.342 e. The van der Waals surface area contributed by atoms with Crippen LogP contribution in [0.25, 0.3) is 0 Å². The molecule has 1 saturated heterocycles. The molecule has 0 spiro atoms. The Labute approximate surface area is 112 Å². The van der Waals surface area contributed by atoms with Gasteiger partial charge in [0.15, 0.2) is 0 Å².